The maximum atomic E-state index is 4.58. The van der Waals surface area contributed by atoms with Crippen molar-refractivity contribution in [2.24, 2.45) is 16.8 Å². The second-order valence-corrected chi connectivity index (χ2v) is 8.77. The molecule has 0 spiro atoms. The Kier molecular flexibility index (Phi) is 11.0. The van der Waals surface area contributed by atoms with Crippen LogP contribution in [0.25, 0.3) is 0 Å². The predicted molar refractivity (Wildman–Crippen MR) is 124 cm³/mol. The quantitative estimate of drug-likeness (QED) is 0.265. The Morgan fingerprint density at radius 2 is 1.85 bits per heavy atom. The minimum Gasteiger partial charge on any atom is -0.356 e. The van der Waals surface area contributed by atoms with Gasteiger partial charge in [0.25, 0.3) is 0 Å². The standard InChI is InChI=1S/C19H35N5S.HI/c1-14-11-15(2)13-24(12-14)10-6-8-21-19(20-5)22-9-7-18-23-16(3)17(4)25-18;/h14-15H,6-13H2,1-5H3,(H2,20,21,22);1H. The molecule has 1 aromatic rings. The molecule has 2 N–H and O–H groups in total. The zero-order valence-corrected chi connectivity index (χ0v) is 20.1. The molecule has 7 heteroatoms. The van der Waals surface area contributed by atoms with Gasteiger partial charge in [-0.25, -0.2) is 4.98 Å². The van der Waals surface area contributed by atoms with Gasteiger partial charge >= 0.3 is 0 Å². The molecule has 0 amide bonds. The Hall–Kier alpha value is -0.410. The first-order valence-electron chi connectivity index (χ1n) is 9.57. The third kappa shape index (κ3) is 8.08. The van der Waals surface area contributed by atoms with E-state index in [0.29, 0.717) is 0 Å². The van der Waals surface area contributed by atoms with Crippen LogP contribution in [-0.4, -0.2) is 55.6 Å². The molecule has 1 fully saturated rings. The van der Waals surface area contributed by atoms with Crippen LogP contribution in [-0.2, 0) is 6.42 Å². The van der Waals surface area contributed by atoms with Crippen molar-refractivity contribution in [3.05, 3.63) is 15.6 Å². The number of rotatable bonds is 7. The Labute approximate surface area is 180 Å². The summed E-state index contributed by atoms with van der Waals surface area (Å²) in [5, 5.41) is 8.02. The fraction of sp³-hybridized carbons (Fsp3) is 0.789. The summed E-state index contributed by atoms with van der Waals surface area (Å²) in [4.78, 5) is 12.8. The largest absolute Gasteiger partial charge is 0.356 e. The summed E-state index contributed by atoms with van der Waals surface area (Å²) in [7, 11) is 1.83. The topological polar surface area (TPSA) is 52.6 Å². The lowest BCUT2D eigenvalue weighted by atomic mass is 9.92. The number of aromatic nitrogens is 1. The Morgan fingerprint density at radius 1 is 1.19 bits per heavy atom. The third-order valence-electron chi connectivity index (χ3n) is 4.82. The van der Waals surface area contributed by atoms with Gasteiger partial charge in [-0.15, -0.1) is 35.3 Å². The zero-order valence-electron chi connectivity index (χ0n) is 17.0. The van der Waals surface area contributed by atoms with Crippen LogP contribution in [0.4, 0.5) is 0 Å². The van der Waals surface area contributed by atoms with Crippen LogP contribution in [0, 0.1) is 25.7 Å². The molecule has 1 aliphatic rings. The van der Waals surface area contributed by atoms with Gasteiger partial charge in [0, 0.05) is 44.5 Å². The molecule has 2 rings (SSSR count). The van der Waals surface area contributed by atoms with Crippen molar-refractivity contribution in [2.75, 3.05) is 39.8 Å². The van der Waals surface area contributed by atoms with Gasteiger partial charge < -0.3 is 15.5 Å². The number of thiazole rings is 1. The van der Waals surface area contributed by atoms with E-state index in [1.807, 2.05) is 7.05 Å². The van der Waals surface area contributed by atoms with Crippen molar-refractivity contribution in [3.8, 4) is 0 Å². The molecular formula is C19H36IN5S. The number of hydrogen-bond donors (Lipinski definition) is 2. The summed E-state index contributed by atoms with van der Waals surface area (Å²) in [6.07, 6.45) is 3.48. The lowest BCUT2D eigenvalue weighted by Crippen LogP contribution is -2.42. The van der Waals surface area contributed by atoms with Crippen molar-refractivity contribution in [2.45, 2.75) is 47.0 Å². The van der Waals surface area contributed by atoms with E-state index in [-0.39, 0.29) is 24.0 Å². The van der Waals surface area contributed by atoms with Gasteiger partial charge in [-0.05, 0) is 45.1 Å². The number of hydrogen-bond acceptors (Lipinski definition) is 4. The number of nitrogens with one attached hydrogen (secondary N) is 2. The maximum absolute atomic E-state index is 4.58. The van der Waals surface area contributed by atoms with Crippen LogP contribution in [0.15, 0.2) is 4.99 Å². The second kappa shape index (κ2) is 12.1. The Morgan fingerprint density at radius 3 is 2.42 bits per heavy atom. The van der Waals surface area contributed by atoms with Crippen LogP contribution in [0.1, 0.15) is 42.3 Å². The molecule has 150 valence electrons. The van der Waals surface area contributed by atoms with Crippen molar-refractivity contribution in [3.63, 3.8) is 0 Å². The normalized spacial score (nSPS) is 21.3. The average Bonchev–Trinajstić information content (AvgIpc) is 2.87. The third-order valence-corrected chi connectivity index (χ3v) is 5.95. The molecular weight excluding hydrogens is 457 g/mol. The summed E-state index contributed by atoms with van der Waals surface area (Å²) in [5.74, 6) is 2.57. The van der Waals surface area contributed by atoms with Gasteiger partial charge in [0.15, 0.2) is 5.96 Å². The molecule has 1 aromatic heterocycles. The first-order chi connectivity index (χ1) is 12.0. The van der Waals surface area contributed by atoms with E-state index in [4.69, 9.17) is 0 Å². The highest BCUT2D eigenvalue weighted by molar-refractivity contribution is 14.0. The van der Waals surface area contributed by atoms with E-state index in [2.05, 4.69) is 53.2 Å². The summed E-state index contributed by atoms with van der Waals surface area (Å²) in [6, 6.07) is 0. The van der Waals surface area contributed by atoms with Gasteiger partial charge in [0.05, 0.1) is 10.7 Å². The lowest BCUT2D eigenvalue weighted by Gasteiger charge is -2.35. The monoisotopic (exact) mass is 493 g/mol. The molecule has 2 unspecified atom stereocenters. The molecule has 5 nitrogen and oxygen atoms in total. The molecule has 0 aliphatic carbocycles. The summed E-state index contributed by atoms with van der Waals surface area (Å²) in [5.41, 5.74) is 1.16. The molecule has 0 saturated carbocycles. The second-order valence-electron chi connectivity index (χ2n) is 7.48. The highest BCUT2D eigenvalue weighted by Gasteiger charge is 2.20. The van der Waals surface area contributed by atoms with Gasteiger partial charge in [-0.2, -0.15) is 0 Å². The fourth-order valence-electron chi connectivity index (χ4n) is 3.64. The van der Waals surface area contributed by atoms with E-state index < -0.39 is 0 Å². The van der Waals surface area contributed by atoms with E-state index in [1.165, 1.54) is 35.9 Å². The van der Waals surface area contributed by atoms with Gasteiger partial charge in [-0.1, -0.05) is 13.8 Å². The number of nitrogens with zero attached hydrogens (tertiary/aromatic N) is 3. The highest BCUT2D eigenvalue weighted by atomic mass is 127. The van der Waals surface area contributed by atoms with Crippen LogP contribution in [0.2, 0.25) is 0 Å². The molecule has 0 aromatic carbocycles. The van der Waals surface area contributed by atoms with Crippen LogP contribution in [0.3, 0.4) is 0 Å². The average molecular weight is 494 g/mol. The first-order valence-corrected chi connectivity index (χ1v) is 10.4. The number of piperidine rings is 1. The van der Waals surface area contributed by atoms with Crippen molar-refractivity contribution >= 4 is 41.3 Å². The van der Waals surface area contributed by atoms with E-state index in [9.17, 15) is 0 Å². The van der Waals surface area contributed by atoms with E-state index in [0.717, 1.165) is 49.4 Å². The number of aryl methyl sites for hydroxylation is 2. The van der Waals surface area contributed by atoms with E-state index >= 15 is 0 Å². The zero-order chi connectivity index (χ0) is 18.2. The maximum Gasteiger partial charge on any atom is 0.190 e. The van der Waals surface area contributed by atoms with Gasteiger partial charge in [0.2, 0.25) is 0 Å². The number of guanidine groups is 1. The van der Waals surface area contributed by atoms with E-state index in [1.54, 1.807) is 11.3 Å². The molecule has 26 heavy (non-hydrogen) atoms. The summed E-state index contributed by atoms with van der Waals surface area (Å²) in [6.45, 7) is 14.5. The molecule has 2 heterocycles. The van der Waals surface area contributed by atoms with Gasteiger partial charge in [-0.3, -0.25) is 4.99 Å². The predicted octanol–water partition coefficient (Wildman–Crippen LogP) is 3.45. The number of likely N-dealkylation sites (tertiary alicyclic amines) is 1. The van der Waals surface area contributed by atoms with Crippen LogP contribution < -0.4 is 10.6 Å². The summed E-state index contributed by atoms with van der Waals surface area (Å²) >= 11 is 1.79. The smallest absolute Gasteiger partial charge is 0.190 e. The fourth-order valence-corrected chi connectivity index (χ4v) is 4.57. The molecule has 2 atom stereocenters. The minimum absolute atomic E-state index is 0. The molecule has 0 radical (unpaired) electrons. The Balaban J connectivity index is 0.00000338. The number of aliphatic imine (C=N–C) groups is 1. The van der Waals surface area contributed by atoms with Crippen LogP contribution >= 0.6 is 35.3 Å². The lowest BCUT2D eigenvalue weighted by molar-refractivity contribution is 0.140. The van der Waals surface area contributed by atoms with Crippen LogP contribution in [0.5, 0.6) is 0 Å². The first kappa shape index (κ1) is 23.6. The summed E-state index contributed by atoms with van der Waals surface area (Å²) < 4.78 is 0. The Bertz CT molecular complexity index is 531. The molecule has 1 aliphatic heterocycles. The van der Waals surface area contributed by atoms with Crippen molar-refractivity contribution in [1.29, 1.82) is 0 Å². The molecule has 0 bridgehead atoms. The van der Waals surface area contributed by atoms with Crippen molar-refractivity contribution in [1.82, 2.24) is 20.5 Å². The highest BCUT2D eigenvalue weighted by Crippen LogP contribution is 2.20. The molecule has 1 saturated heterocycles. The minimum atomic E-state index is 0. The number of halogens is 1. The van der Waals surface area contributed by atoms with Crippen molar-refractivity contribution < 1.29 is 0 Å². The SMILES string of the molecule is CN=C(NCCCN1CC(C)CC(C)C1)NCCc1nc(C)c(C)s1.I. The van der Waals surface area contributed by atoms with Gasteiger partial charge in [0.1, 0.15) is 0 Å².